The molecule has 0 N–H and O–H groups in total. The van der Waals surface area contributed by atoms with Gasteiger partial charge in [-0.1, -0.05) is 17.7 Å². The topological polar surface area (TPSA) is 41.4 Å². The summed E-state index contributed by atoms with van der Waals surface area (Å²) in [6.45, 7) is 7.77. The third-order valence-electron chi connectivity index (χ3n) is 4.81. The molecule has 140 valence electrons. The van der Waals surface area contributed by atoms with Gasteiger partial charge in [0, 0.05) is 62.0 Å². The quantitative estimate of drug-likeness (QED) is 0.803. The summed E-state index contributed by atoms with van der Waals surface area (Å²) in [5.74, 6) is -0.137. The van der Waals surface area contributed by atoms with Crippen molar-refractivity contribution in [2.45, 2.75) is 33.4 Å². The summed E-state index contributed by atoms with van der Waals surface area (Å²) in [5.41, 5.74) is 2.57. The van der Waals surface area contributed by atoms with Crippen LogP contribution in [0.15, 0.2) is 24.3 Å². The first-order chi connectivity index (χ1) is 12.4. The molecule has 1 aliphatic rings. The Morgan fingerprint density at radius 2 is 1.96 bits per heavy atom. The van der Waals surface area contributed by atoms with Gasteiger partial charge < -0.3 is 4.90 Å². The molecular formula is C19H24ClFN4O. The predicted molar refractivity (Wildman–Crippen MR) is 99.6 cm³/mol. The van der Waals surface area contributed by atoms with Crippen molar-refractivity contribution in [3.05, 3.63) is 52.1 Å². The molecule has 3 rings (SSSR count). The Balaban J connectivity index is 1.48. The Kier molecular flexibility index (Phi) is 5.94. The zero-order chi connectivity index (χ0) is 18.7. The van der Waals surface area contributed by atoms with Gasteiger partial charge >= 0.3 is 0 Å². The molecule has 5 nitrogen and oxygen atoms in total. The number of nitrogens with zero attached hydrogens (tertiary/aromatic N) is 4. The number of hydrogen-bond donors (Lipinski definition) is 0. The van der Waals surface area contributed by atoms with E-state index in [0.29, 0.717) is 43.2 Å². The van der Waals surface area contributed by atoms with Crippen molar-refractivity contribution in [2.24, 2.45) is 0 Å². The second-order valence-corrected chi connectivity index (χ2v) is 7.16. The van der Waals surface area contributed by atoms with Crippen LogP contribution in [-0.4, -0.2) is 51.7 Å². The lowest BCUT2D eigenvalue weighted by atomic mass is 10.1. The molecule has 1 aliphatic heterocycles. The SMILES string of the molecule is Cc1cc(C)n(CCC(=O)N2CCN(Cc3c(F)cccc3Cl)CC2)n1. The lowest BCUT2D eigenvalue weighted by Crippen LogP contribution is -2.48. The molecule has 1 amide bonds. The van der Waals surface area contributed by atoms with Gasteiger partial charge in [0.15, 0.2) is 0 Å². The Morgan fingerprint density at radius 3 is 2.58 bits per heavy atom. The molecule has 1 aromatic carbocycles. The van der Waals surface area contributed by atoms with E-state index in [9.17, 15) is 9.18 Å². The van der Waals surface area contributed by atoms with E-state index in [1.807, 2.05) is 29.5 Å². The molecule has 1 aromatic heterocycles. The number of amides is 1. The highest BCUT2D eigenvalue weighted by Gasteiger charge is 2.22. The van der Waals surface area contributed by atoms with Crippen LogP contribution in [0.3, 0.4) is 0 Å². The van der Waals surface area contributed by atoms with Crippen LogP contribution in [0.5, 0.6) is 0 Å². The number of aryl methyl sites for hydroxylation is 3. The Labute approximate surface area is 158 Å². The number of hydrogen-bond acceptors (Lipinski definition) is 3. The smallest absolute Gasteiger partial charge is 0.224 e. The van der Waals surface area contributed by atoms with Gasteiger partial charge in [0.1, 0.15) is 5.82 Å². The largest absolute Gasteiger partial charge is 0.340 e. The van der Waals surface area contributed by atoms with Gasteiger partial charge in [-0.25, -0.2) is 4.39 Å². The molecule has 26 heavy (non-hydrogen) atoms. The maximum Gasteiger partial charge on any atom is 0.224 e. The van der Waals surface area contributed by atoms with Crippen LogP contribution in [0.2, 0.25) is 5.02 Å². The van der Waals surface area contributed by atoms with Gasteiger partial charge in [0.25, 0.3) is 0 Å². The first-order valence-electron chi connectivity index (χ1n) is 8.88. The highest BCUT2D eigenvalue weighted by atomic mass is 35.5. The molecule has 0 spiro atoms. The van der Waals surface area contributed by atoms with E-state index in [4.69, 9.17) is 11.6 Å². The van der Waals surface area contributed by atoms with Crippen LogP contribution in [0.1, 0.15) is 23.4 Å². The first kappa shape index (κ1) is 18.9. The molecule has 0 radical (unpaired) electrons. The summed E-state index contributed by atoms with van der Waals surface area (Å²) in [6, 6.07) is 6.76. The average Bonchev–Trinajstić information content (AvgIpc) is 2.94. The van der Waals surface area contributed by atoms with Crippen molar-refractivity contribution in [1.29, 1.82) is 0 Å². The predicted octanol–water partition coefficient (Wildman–Crippen LogP) is 3.03. The minimum atomic E-state index is -0.277. The number of carbonyl (C=O) groups is 1. The standard InChI is InChI=1S/C19H24ClFN4O/c1-14-12-15(2)25(22-14)7-6-19(26)24-10-8-23(9-11-24)13-16-17(20)4-3-5-18(16)21/h3-5,12H,6-11,13H2,1-2H3. The van der Waals surface area contributed by atoms with Crippen LogP contribution in [0.25, 0.3) is 0 Å². The molecular weight excluding hydrogens is 355 g/mol. The number of piperazine rings is 1. The first-order valence-corrected chi connectivity index (χ1v) is 9.26. The third-order valence-corrected chi connectivity index (χ3v) is 5.16. The fourth-order valence-electron chi connectivity index (χ4n) is 3.32. The van der Waals surface area contributed by atoms with E-state index < -0.39 is 0 Å². The summed E-state index contributed by atoms with van der Waals surface area (Å²) in [7, 11) is 0. The summed E-state index contributed by atoms with van der Waals surface area (Å²) in [4.78, 5) is 16.5. The van der Waals surface area contributed by atoms with Gasteiger partial charge in [-0.2, -0.15) is 5.10 Å². The molecule has 0 aliphatic carbocycles. The van der Waals surface area contributed by atoms with Gasteiger partial charge in [-0.3, -0.25) is 14.4 Å². The van der Waals surface area contributed by atoms with Gasteiger partial charge in [-0.15, -0.1) is 0 Å². The maximum absolute atomic E-state index is 13.9. The van der Waals surface area contributed by atoms with E-state index in [0.717, 1.165) is 24.5 Å². The number of halogens is 2. The van der Waals surface area contributed by atoms with E-state index in [1.165, 1.54) is 6.07 Å². The minimum Gasteiger partial charge on any atom is -0.340 e. The molecule has 2 aromatic rings. The molecule has 0 atom stereocenters. The number of benzene rings is 1. The second kappa shape index (κ2) is 8.18. The molecule has 1 fully saturated rings. The summed E-state index contributed by atoms with van der Waals surface area (Å²) in [5, 5.41) is 4.84. The van der Waals surface area contributed by atoms with E-state index >= 15 is 0 Å². The van der Waals surface area contributed by atoms with Crippen LogP contribution in [-0.2, 0) is 17.9 Å². The molecule has 7 heteroatoms. The zero-order valence-electron chi connectivity index (χ0n) is 15.2. The Hall–Kier alpha value is -1.92. The van der Waals surface area contributed by atoms with Gasteiger partial charge in [0.05, 0.1) is 5.69 Å². The molecule has 0 unspecified atom stereocenters. The average molecular weight is 379 g/mol. The summed E-state index contributed by atoms with van der Waals surface area (Å²) >= 11 is 6.10. The molecule has 0 bridgehead atoms. The molecule has 1 saturated heterocycles. The van der Waals surface area contributed by atoms with E-state index in [-0.39, 0.29) is 11.7 Å². The Bertz CT molecular complexity index is 764. The van der Waals surface area contributed by atoms with Crippen molar-refractivity contribution >= 4 is 17.5 Å². The van der Waals surface area contributed by atoms with Crippen LogP contribution < -0.4 is 0 Å². The van der Waals surface area contributed by atoms with E-state index in [1.54, 1.807) is 12.1 Å². The van der Waals surface area contributed by atoms with Crippen LogP contribution >= 0.6 is 11.6 Å². The highest BCUT2D eigenvalue weighted by Crippen LogP contribution is 2.21. The minimum absolute atomic E-state index is 0.140. The number of rotatable bonds is 5. The lowest BCUT2D eigenvalue weighted by molar-refractivity contribution is -0.133. The second-order valence-electron chi connectivity index (χ2n) is 6.76. The Morgan fingerprint density at radius 1 is 1.23 bits per heavy atom. The van der Waals surface area contributed by atoms with Crippen molar-refractivity contribution < 1.29 is 9.18 Å². The summed E-state index contributed by atoms with van der Waals surface area (Å²) < 4.78 is 15.8. The van der Waals surface area contributed by atoms with Crippen LogP contribution in [0, 0.1) is 19.7 Å². The van der Waals surface area contributed by atoms with Crippen molar-refractivity contribution in [3.63, 3.8) is 0 Å². The number of aromatic nitrogens is 2. The zero-order valence-corrected chi connectivity index (χ0v) is 16.0. The molecule has 2 heterocycles. The van der Waals surface area contributed by atoms with Gasteiger partial charge in [0.2, 0.25) is 5.91 Å². The van der Waals surface area contributed by atoms with E-state index in [2.05, 4.69) is 10.00 Å². The fraction of sp³-hybridized carbons (Fsp3) is 0.474. The van der Waals surface area contributed by atoms with Crippen molar-refractivity contribution in [3.8, 4) is 0 Å². The summed E-state index contributed by atoms with van der Waals surface area (Å²) in [6.07, 6.45) is 0.446. The van der Waals surface area contributed by atoms with Crippen molar-refractivity contribution in [2.75, 3.05) is 26.2 Å². The third kappa shape index (κ3) is 4.43. The normalized spacial score (nSPS) is 15.5. The number of carbonyl (C=O) groups excluding carboxylic acids is 1. The maximum atomic E-state index is 13.9. The fourth-order valence-corrected chi connectivity index (χ4v) is 3.55. The lowest BCUT2D eigenvalue weighted by Gasteiger charge is -2.35. The molecule has 0 saturated carbocycles. The van der Waals surface area contributed by atoms with Crippen molar-refractivity contribution in [1.82, 2.24) is 19.6 Å². The monoisotopic (exact) mass is 378 g/mol. The highest BCUT2D eigenvalue weighted by molar-refractivity contribution is 6.31. The van der Waals surface area contributed by atoms with Crippen LogP contribution in [0.4, 0.5) is 4.39 Å². The van der Waals surface area contributed by atoms with Gasteiger partial charge in [-0.05, 0) is 32.0 Å².